The molecule has 0 heterocycles. The average Bonchev–Trinajstić information content (AvgIpc) is 3.34. The van der Waals surface area contributed by atoms with Crippen LogP contribution in [0.15, 0.2) is 34.1 Å². The number of amides is 1. The zero-order valence-electron chi connectivity index (χ0n) is 14.3. The summed E-state index contributed by atoms with van der Waals surface area (Å²) in [6.45, 7) is 3.60. The monoisotopic (exact) mass is 385 g/mol. The van der Waals surface area contributed by atoms with Crippen LogP contribution < -0.4 is 5.32 Å². The summed E-state index contributed by atoms with van der Waals surface area (Å²) in [6.07, 6.45) is 1.67. The summed E-state index contributed by atoms with van der Waals surface area (Å²) in [5.74, 6) is -1.11. The van der Waals surface area contributed by atoms with E-state index in [0.717, 1.165) is 0 Å². The van der Waals surface area contributed by atoms with Gasteiger partial charge in [0.05, 0.1) is 21.3 Å². The first-order valence-electron chi connectivity index (χ1n) is 8.21. The van der Waals surface area contributed by atoms with Gasteiger partial charge in [0.25, 0.3) is 0 Å². The first-order chi connectivity index (χ1) is 11.7. The highest BCUT2D eigenvalue weighted by molar-refractivity contribution is 8.01. The molecule has 1 aliphatic rings. The highest BCUT2D eigenvalue weighted by atomic mass is 32.2. The Morgan fingerprint density at radius 1 is 1.32 bits per heavy atom. The first kappa shape index (κ1) is 19.8. The molecular formula is C17H23NO5S2. The lowest BCUT2D eigenvalue weighted by molar-refractivity contribution is -0.143. The third-order valence-corrected chi connectivity index (χ3v) is 7.52. The van der Waals surface area contributed by atoms with Gasteiger partial charge in [-0.15, -0.1) is 11.8 Å². The summed E-state index contributed by atoms with van der Waals surface area (Å²) in [4.78, 5) is 24.2. The van der Waals surface area contributed by atoms with Crippen molar-refractivity contribution in [3.8, 4) is 0 Å². The van der Waals surface area contributed by atoms with Crippen LogP contribution >= 0.6 is 11.8 Å². The quantitative estimate of drug-likeness (QED) is 0.633. The van der Waals surface area contributed by atoms with Crippen LogP contribution in [0.3, 0.4) is 0 Å². The maximum atomic E-state index is 12.4. The van der Waals surface area contributed by atoms with Crippen molar-refractivity contribution in [1.29, 1.82) is 0 Å². The van der Waals surface area contributed by atoms with E-state index < -0.39 is 26.5 Å². The molecule has 8 heteroatoms. The standard InChI is InChI=1S/C17H23NO5S2/c1-3-10-25(22,23)14-7-5-4-6-13(14)24-12(2)15(19)18-11-17(8-9-17)16(20)21/h4-7,12H,3,8-11H2,1-2H3,(H,18,19)(H,20,21). The molecule has 6 nitrogen and oxygen atoms in total. The summed E-state index contributed by atoms with van der Waals surface area (Å²) in [5.41, 5.74) is -0.817. The predicted molar refractivity (Wildman–Crippen MR) is 96.4 cm³/mol. The minimum Gasteiger partial charge on any atom is -0.481 e. The zero-order valence-corrected chi connectivity index (χ0v) is 16.0. The molecule has 0 aliphatic heterocycles. The molecule has 0 saturated heterocycles. The number of carbonyl (C=O) groups is 2. The van der Waals surface area contributed by atoms with Gasteiger partial charge in [-0.3, -0.25) is 9.59 Å². The van der Waals surface area contributed by atoms with Crippen molar-refractivity contribution in [2.45, 2.75) is 48.2 Å². The molecule has 0 aromatic heterocycles. The van der Waals surface area contributed by atoms with E-state index >= 15 is 0 Å². The normalized spacial score (nSPS) is 16.9. The first-order valence-corrected chi connectivity index (χ1v) is 10.7. The van der Waals surface area contributed by atoms with Crippen LogP contribution in [-0.4, -0.2) is 42.9 Å². The van der Waals surface area contributed by atoms with Crippen molar-refractivity contribution in [2.75, 3.05) is 12.3 Å². The van der Waals surface area contributed by atoms with Gasteiger partial charge < -0.3 is 10.4 Å². The summed E-state index contributed by atoms with van der Waals surface area (Å²) in [6, 6.07) is 6.65. The molecule has 138 valence electrons. The highest BCUT2D eigenvalue weighted by Crippen LogP contribution is 2.45. The zero-order chi connectivity index (χ0) is 18.7. The van der Waals surface area contributed by atoms with Gasteiger partial charge in [-0.25, -0.2) is 8.42 Å². The smallest absolute Gasteiger partial charge is 0.311 e. The van der Waals surface area contributed by atoms with Crippen molar-refractivity contribution < 1.29 is 23.1 Å². The Bertz CT molecular complexity index is 756. The van der Waals surface area contributed by atoms with E-state index in [1.165, 1.54) is 11.8 Å². The lowest BCUT2D eigenvalue weighted by atomic mass is 10.1. The molecule has 2 N–H and O–H groups in total. The Hall–Kier alpha value is -1.54. The van der Waals surface area contributed by atoms with Crippen molar-refractivity contribution in [1.82, 2.24) is 5.32 Å². The number of carbonyl (C=O) groups excluding carboxylic acids is 1. The fourth-order valence-electron chi connectivity index (χ4n) is 2.44. The fourth-order valence-corrected chi connectivity index (χ4v) is 5.30. The number of carboxylic acids is 1. The number of benzene rings is 1. The molecule has 1 unspecified atom stereocenters. The van der Waals surface area contributed by atoms with Crippen molar-refractivity contribution in [2.24, 2.45) is 5.41 Å². The van der Waals surface area contributed by atoms with Gasteiger partial charge in [0.15, 0.2) is 9.84 Å². The molecule has 1 amide bonds. The number of aliphatic carboxylic acids is 1. The lowest BCUT2D eigenvalue weighted by Gasteiger charge is -2.16. The molecule has 0 bridgehead atoms. The number of nitrogens with one attached hydrogen (secondary N) is 1. The van der Waals surface area contributed by atoms with E-state index in [4.69, 9.17) is 5.11 Å². The van der Waals surface area contributed by atoms with Crippen LogP contribution in [0.5, 0.6) is 0 Å². The maximum Gasteiger partial charge on any atom is 0.311 e. The van der Waals surface area contributed by atoms with Crippen molar-refractivity contribution in [3.05, 3.63) is 24.3 Å². The van der Waals surface area contributed by atoms with Gasteiger partial charge in [-0.2, -0.15) is 0 Å². The van der Waals surface area contributed by atoms with E-state index in [-0.39, 0.29) is 23.1 Å². The van der Waals surface area contributed by atoms with Gasteiger partial charge in [0, 0.05) is 11.4 Å². The molecular weight excluding hydrogens is 362 g/mol. The second-order valence-corrected chi connectivity index (χ2v) is 9.79. The third kappa shape index (κ3) is 4.76. The number of sulfone groups is 1. The lowest BCUT2D eigenvalue weighted by Crippen LogP contribution is -2.38. The molecule has 25 heavy (non-hydrogen) atoms. The number of thioether (sulfide) groups is 1. The van der Waals surface area contributed by atoms with E-state index in [1.807, 2.05) is 0 Å². The third-order valence-electron chi connectivity index (χ3n) is 4.24. The fraction of sp³-hybridized carbons (Fsp3) is 0.529. The SMILES string of the molecule is CCCS(=O)(=O)c1ccccc1SC(C)C(=O)NCC1(C(=O)O)CC1. The van der Waals surface area contributed by atoms with E-state index in [1.54, 1.807) is 38.1 Å². The minimum absolute atomic E-state index is 0.0618. The Balaban J connectivity index is 2.04. The number of hydrogen-bond donors (Lipinski definition) is 2. The molecule has 2 rings (SSSR count). The van der Waals surface area contributed by atoms with Crippen molar-refractivity contribution in [3.63, 3.8) is 0 Å². The molecule has 1 fully saturated rings. The van der Waals surface area contributed by atoms with Crippen LogP contribution in [0.4, 0.5) is 0 Å². The van der Waals surface area contributed by atoms with Gasteiger partial charge in [0.1, 0.15) is 0 Å². The molecule has 1 aromatic carbocycles. The summed E-state index contributed by atoms with van der Waals surface area (Å²) in [7, 11) is -3.38. The van der Waals surface area contributed by atoms with Crippen LogP contribution in [0.1, 0.15) is 33.1 Å². The van der Waals surface area contributed by atoms with Crippen molar-refractivity contribution >= 4 is 33.5 Å². The number of hydrogen-bond acceptors (Lipinski definition) is 5. The second-order valence-electron chi connectivity index (χ2n) is 6.33. The Morgan fingerprint density at radius 2 is 1.96 bits per heavy atom. The van der Waals surface area contributed by atoms with Gasteiger partial charge >= 0.3 is 5.97 Å². The molecule has 1 saturated carbocycles. The van der Waals surface area contributed by atoms with Gasteiger partial charge in [0.2, 0.25) is 5.91 Å². The molecule has 0 radical (unpaired) electrons. The topological polar surface area (TPSA) is 101 Å². The minimum atomic E-state index is -3.38. The summed E-state index contributed by atoms with van der Waals surface area (Å²) in [5, 5.41) is 11.3. The van der Waals surface area contributed by atoms with Gasteiger partial charge in [-0.05, 0) is 38.3 Å². The van der Waals surface area contributed by atoms with Gasteiger partial charge in [-0.1, -0.05) is 19.1 Å². The molecule has 1 atom stereocenters. The Labute approximate surface area is 152 Å². The largest absolute Gasteiger partial charge is 0.481 e. The Morgan fingerprint density at radius 3 is 2.52 bits per heavy atom. The molecule has 0 spiro atoms. The van der Waals surface area contributed by atoms with E-state index in [0.29, 0.717) is 24.2 Å². The average molecular weight is 386 g/mol. The molecule has 1 aromatic rings. The van der Waals surface area contributed by atoms with E-state index in [2.05, 4.69) is 5.32 Å². The second kappa shape index (κ2) is 7.78. The van der Waals surface area contributed by atoms with E-state index in [9.17, 15) is 18.0 Å². The van der Waals surface area contributed by atoms with Crippen LogP contribution in [-0.2, 0) is 19.4 Å². The molecule has 1 aliphatic carbocycles. The summed E-state index contributed by atoms with van der Waals surface area (Å²) < 4.78 is 24.7. The summed E-state index contributed by atoms with van der Waals surface area (Å²) >= 11 is 1.17. The Kier molecular flexibility index (Phi) is 6.16. The number of rotatable bonds is 9. The maximum absolute atomic E-state index is 12.4. The highest BCUT2D eigenvalue weighted by Gasteiger charge is 2.50. The van der Waals surface area contributed by atoms with Crippen LogP contribution in [0.2, 0.25) is 0 Å². The van der Waals surface area contributed by atoms with Crippen LogP contribution in [0.25, 0.3) is 0 Å². The number of carboxylic acid groups (broad SMARTS) is 1. The van der Waals surface area contributed by atoms with Crippen LogP contribution in [0, 0.1) is 5.41 Å². The predicted octanol–water partition coefficient (Wildman–Crippen LogP) is 2.33.